The van der Waals surface area contributed by atoms with Gasteiger partial charge in [0.25, 0.3) is 0 Å². The van der Waals surface area contributed by atoms with Crippen LogP contribution in [0.2, 0.25) is 0 Å². The van der Waals surface area contributed by atoms with Crippen LogP contribution >= 0.6 is 0 Å². The molecule has 0 aliphatic rings. The molecule has 0 saturated carbocycles. The summed E-state index contributed by atoms with van der Waals surface area (Å²) in [4.78, 5) is 1.19. The van der Waals surface area contributed by atoms with Gasteiger partial charge in [0.15, 0.2) is 23.3 Å². The quantitative estimate of drug-likeness (QED) is 0.419. The minimum Gasteiger partial charge on any atom is -0.367 e. The smallest absolute Gasteiger partial charge is 0.200 e. The van der Waals surface area contributed by atoms with Crippen molar-refractivity contribution in [2.75, 3.05) is 18.0 Å². The van der Waals surface area contributed by atoms with Crippen LogP contribution in [0, 0.1) is 35.0 Å². The summed E-state index contributed by atoms with van der Waals surface area (Å²) in [5.41, 5.74) is -0.841. The van der Waals surface area contributed by atoms with Gasteiger partial charge in [-0.1, -0.05) is 20.3 Å². The van der Waals surface area contributed by atoms with E-state index < -0.39 is 34.8 Å². The van der Waals surface area contributed by atoms with Crippen molar-refractivity contribution in [2.45, 2.75) is 33.6 Å². The predicted molar refractivity (Wildman–Crippen MR) is 68.2 cm³/mol. The van der Waals surface area contributed by atoms with E-state index in [1.165, 1.54) is 4.90 Å². The fourth-order valence-electron chi connectivity index (χ4n) is 2.21. The van der Waals surface area contributed by atoms with Crippen molar-refractivity contribution in [1.29, 1.82) is 0 Å². The maximum atomic E-state index is 13.7. The Hall–Kier alpha value is -1.33. The Kier molecular flexibility index (Phi) is 5.77. The number of halogens is 5. The highest BCUT2D eigenvalue weighted by atomic mass is 19.2. The van der Waals surface area contributed by atoms with E-state index in [4.69, 9.17) is 0 Å². The highest BCUT2D eigenvalue weighted by Crippen LogP contribution is 2.30. The van der Waals surface area contributed by atoms with Crippen LogP contribution in [-0.2, 0) is 0 Å². The molecule has 0 amide bonds. The lowest BCUT2D eigenvalue weighted by molar-refractivity contribution is 0.376. The molecule has 1 unspecified atom stereocenters. The van der Waals surface area contributed by atoms with Gasteiger partial charge < -0.3 is 4.90 Å². The highest BCUT2D eigenvalue weighted by molar-refractivity contribution is 5.50. The molecule has 0 aliphatic heterocycles. The molecule has 0 bridgehead atoms. The molecule has 20 heavy (non-hydrogen) atoms. The van der Waals surface area contributed by atoms with Gasteiger partial charge in [0.05, 0.1) is 0 Å². The first-order valence-corrected chi connectivity index (χ1v) is 6.61. The molecule has 1 aromatic carbocycles. The first-order chi connectivity index (χ1) is 9.34. The number of hydrogen-bond acceptors (Lipinski definition) is 1. The molecule has 0 saturated heterocycles. The molecule has 114 valence electrons. The largest absolute Gasteiger partial charge is 0.367 e. The number of benzene rings is 1. The van der Waals surface area contributed by atoms with Gasteiger partial charge >= 0.3 is 0 Å². The highest BCUT2D eigenvalue weighted by Gasteiger charge is 2.28. The number of anilines is 1. The van der Waals surface area contributed by atoms with E-state index in [-0.39, 0.29) is 19.0 Å². The fourth-order valence-corrected chi connectivity index (χ4v) is 2.21. The molecule has 1 rings (SSSR count). The van der Waals surface area contributed by atoms with E-state index in [0.717, 1.165) is 12.8 Å². The number of hydrogen-bond donors (Lipinski definition) is 0. The van der Waals surface area contributed by atoms with Crippen molar-refractivity contribution < 1.29 is 22.0 Å². The van der Waals surface area contributed by atoms with Crippen molar-refractivity contribution in [1.82, 2.24) is 0 Å². The molecule has 0 spiro atoms. The molecule has 0 heterocycles. The first-order valence-electron chi connectivity index (χ1n) is 6.61. The number of rotatable bonds is 6. The predicted octanol–water partition coefficient (Wildman–Crippen LogP) is 4.64. The van der Waals surface area contributed by atoms with E-state index in [0.29, 0.717) is 0 Å². The van der Waals surface area contributed by atoms with Gasteiger partial charge in [-0.15, -0.1) is 0 Å². The summed E-state index contributed by atoms with van der Waals surface area (Å²) >= 11 is 0. The van der Waals surface area contributed by atoms with Crippen LogP contribution in [0.5, 0.6) is 0 Å². The van der Waals surface area contributed by atoms with Crippen LogP contribution in [0.25, 0.3) is 0 Å². The Balaban J connectivity index is 3.22. The second-order valence-electron chi connectivity index (χ2n) is 4.85. The summed E-state index contributed by atoms with van der Waals surface area (Å²) in [5, 5.41) is 0. The first kappa shape index (κ1) is 16.7. The Morgan fingerprint density at radius 2 is 1.30 bits per heavy atom. The van der Waals surface area contributed by atoms with E-state index in [9.17, 15) is 22.0 Å². The SMILES string of the molecule is CCCC(C)CN(CC)c1c(F)c(F)c(F)c(F)c1F. The minimum atomic E-state index is -2.12. The fraction of sp³-hybridized carbons (Fsp3) is 0.571. The molecule has 0 radical (unpaired) electrons. The van der Waals surface area contributed by atoms with Gasteiger partial charge in [0.2, 0.25) is 5.82 Å². The Morgan fingerprint density at radius 1 is 0.850 bits per heavy atom. The molecule has 0 aromatic heterocycles. The summed E-state index contributed by atoms with van der Waals surface area (Å²) in [5.74, 6) is -9.38. The van der Waals surface area contributed by atoms with Crippen LogP contribution in [0.1, 0.15) is 33.6 Å². The van der Waals surface area contributed by atoms with Crippen molar-refractivity contribution in [3.05, 3.63) is 29.1 Å². The van der Waals surface area contributed by atoms with Gasteiger partial charge in [-0.2, -0.15) is 0 Å². The van der Waals surface area contributed by atoms with Crippen LogP contribution < -0.4 is 4.90 Å². The maximum absolute atomic E-state index is 13.7. The zero-order chi connectivity index (χ0) is 15.4. The van der Waals surface area contributed by atoms with Crippen LogP contribution in [0.4, 0.5) is 27.6 Å². The Bertz CT molecular complexity index is 446. The maximum Gasteiger partial charge on any atom is 0.200 e. The van der Waals surface area contributed by atoms with E-state index in [2.05, 4.69) is 0 Å². The summed E-state index contributed by atoms with van der Waals surface area (Å²) in [6, 6.07) is 0. The molecule has 1 nitrogen and oxygen atoms in total. The number of nitrogens with zero attached hydrogens (tertiary/aromatic N) is 1. The molecule has 6 heteroatoms. The average Bonchev–Trinajstić information content (AvgIpc) is 2.42. The lowest BCUT2D eigenvalue weighted by Gasteiger charge is -2.27. The summed E-state index contributed by atoms with van der Waals surface area (Å²) in [6.45, 7) is 5.84. The third-order valence-corrected chi connectivity index (χ3v) is 3.20. The zero-order valence-electron chi connectivity index (χ0n) is 11.7. The van der Waals surface area contributed by atoms with Gasteiger partial charge in [-0.05, 0) is 19.3 Å². The molecular weight excluding hydrogens is 277 g/mol. The van der Waals surface area contributed by atoms with Crippen LogP contribution in [-0.4, -0.2) is 13.1 Å². The summed E-state index contributed by atoms with van der Waals surface area (Å²) < 4.78 is 66.8. The summed E-state index contributed by atoms with van der Waals surface area (Å²) in [7, 11) is 0. The van der Waals surface area contributed by atoms with Gasteiger partial charge in [-0.3, -0.25) is 0 Å². The van der Waals surface area contributed by atoms with Crippen LogP contribution in [0.15, 0.2) is 0 Å². The summed E-state index contributed by atoms with van der Waals surface area (Å²) in [6.07, 6.45) is 1.70. The van der Waals surface area contributed by atoms with Gasteiger partial charge in [0, 0.05) is 13.1 Å². The van der Waals surface area contributed by atoms with Gasteiger partial charge in [-0.25, -0.2) is 22.0 Å². The molecule has 0 aliphatic carbocycles. The average molecular weight is 295 g/mol. The van der Waals surface area contributed by atoms with E-state index >= 15 is 0 Å². The Morgan fingerprint density at radius 3 is 1.70 bits per heavy atom. The van der Waals surface area contributed by atoms with Crippen molar-refractivity contribution >= 4 is 5.69 Å². The molecule has 0 N–H and O–H groups in total. The topological polar surface area (TPSA) is 3.24 Å². The lowest BCUT2D eigenvalue weighted by Crippen LogP contribution is -2.31. The van der Waals surface area contributed by atoms with Crippen molar-refractivity contribution in [3.8, 4) is 0 Å². The molecule has 0 fully saturated rings. The third-order valence-electron chi connectivity index (χ3n) is 3.20. The van der Waals surface area contributed by atoms with Crippen LogP contribution in [0.3, 0.4) is 0 Å². The van der Waals surface area contributed by atoms with Gasteiger partial charge in [0.1, 0.15) is 5.69 Å². The zero-order valence-corrected chi connectivity index (χ0v) is 11.7. The second-order valence-corrected chi connectivity index (χ2v) is 4.85. The normalized spacial score (nSPS) is 12.6. The van der Waals surface area contributed by atoms with Crippen molar-refractivity contribution in [3.63, 3.8) is 0 Å². The monoisotopic (exact) mass is 295 g/mol. The second kappa shape index (κ2) is 6.90. The Labute approximate surface area is 115 Å². The molecular formula is C14H18F5N. The molecule has 1 atom stereocenters. The van der Waals surface area contributed by atoms with Crippen molar-refractivity contribution in [2.24, 2.45) is 5.92 Å². The van der Waals surface area contributed by atoms with E-state index in [1.807, 2.05) is 13.8 Å². The standard InChI is InChI=1S/C14H18F5N/c1-4-6-8(3)7-20(5-2)14-12(18)10(16)9(15)11(17)13(14)19/h8H,4-7H2,1-3H3. The molecule has 1 aromatic rings. The third kappa shape index (κ3) is 3.22. The minimum absolute atomic E-state index is 0.0925. The van der Waals surface area contributed by atoms with E-state index in [1.54, 1.807) is 6.92 Å². The lowest BCUT2D eigenvalue weighted by atomic mass is 10.1.